The van der Waals surface area contributed by atoms with Gasteiger partial charge in [0, 0.05) is 31.0 Å². The fraction of sp³-hybridized carbons (Fsp3) is 0.455. The van der Waals surface area contributed by atoms with Crippen molar-refractivity contribution >= 4 is 21.9 Å². The van der Waals surface area contributed by atoms with Gasteiger partial charge in [-0.2, -0.15) is 0 Å². The Bertz CT molecular complexity index is 1110. The molecule has 1 aromatic carbocycles. The van der Waals surface area contributed by atoms with Crippen LogP contribution in [0.2, 0.25) is 0 Å². The van der Waals surface area contributed by atoms with Gasteiger partial charge in [-0.15, -0.1) is 0 Å². The number of hydrogen-bond acceptors (Lipinski definition) is 6. The van der Waals surface area contributed by atoms with Gasteiger partial charge >= 0.3 is 5.97 Å². The van der Waals surface area contributed by atoms with Crippen LogP contribution in [0.4, 0.5) is 4.39 Å². The number of halogens is 1. The van der Waals surface area contributed by atoms with Crippen LogP contribution in [-0.2, 0) is 26.1 Å². The molecule has 1 aliphatic rings. The Labute approximate surface area is 193 Å². The number of rotatable bonds is 8. The molecule has 2 heterocycles. The van der Waals surface area contributed by atoms with E-state index in [2.05, 4.69) is 9.71 Å². The van der Waals surface area contributed by atoms with Gasteiger partial charge in [0.2, 0.25) is 15.9 Å². The van der Waals surface area contributed by atoms with E-state index in [1.165, 1.54) is 12.1 Å². The molecule has 1 aromatic heterocycles. The Hall–Kier alpha value is -2.76. The van der Waals surface area contributed by atoms with Crippen LogP contribution in [-0.4, -0.2) is 68.0 Å². The predicted molar refractivity (Wildman–Crippen MR) is 119 cm³/mol. The molecule has 1 saturated heterocycles. The van der Waals surface area contributed by atoms with Crippen LogP contribution in [0.25, 0.3) is 0 Å². The van der Waals surface area contributed by atoms with Crippen molar-refractivity contribution in [1.29, 1.82) is 0 Å². The molecule has 0 aliphatic carbocycles. The molecular formula is C22H29FN4O5S. The summed E-state index contributed by atoms with van der Waals surface area (Å²) in [5.41, 5.74) is 1.54. The van der Waals surface area contributed by atoms with E-state index >= 15 is 0 Å². The number of aromatic nitrogens is 1. The maximum atomic E-state index is 13.1. The molecule has 0 spiro atoms. The average Bonchev–Trinajstić information content (AvgIpc) is 3.08. The van der Waals surface area contributed by atoms with Gasteiger partial charge < -0.3 is 14.6 Å². The van der Waals surface area contributed by atoms with E-state index < -0.39 is 22.5 Å². The fourth-order valence-corrected chi connectivity index (χ4v) is 5.35. The van der Waals surface area contributed by atoms with Gasteiger partial charge in [0.1, 0.15) is 16.3 Å². The summed E-state index contributed by atoms with van der Waals surface area (Å²) in [5.74, 6) is -1.41. The molecule has 1 amide bonds. The number of aromatic amines is 1. The van der Waals surface area contributed by atoms with Gasteiger partial charge in [-0.1, -0.05) is 12.1 Å². The summed E-state index contributed by atoms with van der Waals surface area (Å²) in [6.07, 6.45) is 0.739. The second kappa shape index (κ2) is 10.4. The van der Waals surface area contributed by atoms with Crippen LogP contribution < -0.4 is 4.72 Å². The van der Waals surface area contributed by atoms with E-state index in [0.29, 0.717) is 31.1 Å². The third-order valence-corrected chi connectivity index (χ3v) is 7.00. The first-order chi connectivity index (χ1) is 15.6. The third kappa shape index (κ3) is 5.98. The Morgan fingerprint density at radius 1 is 1.15 bits per heavy atom. The van der Waals surface area contributed by atoms with Crippen molar-refractivity contribution in [2.24, 2.45) is 0 Å². The third-order valence-electron chi connectivity index (χ3n) is 5.42. The van der Waals surface area contributed by atoms with Crippen molar-refractivity contribution in [3.63, 3.8) is 0 Å². The number of nitrogens with zero attached hydrogens (tertiary/aromatic N) is 2. The van der Waals surface area contributed by atoms with Crippen molar-refractivity contribution in [3.05, 3.63) is 52.6 Å². The first kappa shape index (κ1) is 24.9. The van der Waals surface area contributed by atoms with Crippen molar-refractivity contribution in [2.75, 3.05) is 32.9 Å². The summed E-state index contributed by atoms with van der Waals surface area (Å²) in [7, 11) is -4.14. The number of ether oxygens (including phenoxy) is 1. The van der Waals surface area contributed by atoms with Gasteiger partial charge in [-0.25, -0.2) is 22.3 Å². The number of hydrogen-bond donors (Lipinski definition) is 2. The number of esters is 1. The summed E-state index contributed by atoms with van der Waals surface area (Å²) in [6, 6.07) is 6.19. The molecule has 3 rings (SSSR count). The van der Waals surface area contributed by atoms with Gasteiger partial charge in [0.05, 0.1) is 19.8 Å². The Morgan fingerprint density at radius 3 is 2.52 bits per heavy atom. The summed E-state index contributed by atoms with van der Waals surface area (Å²) >= 11 is 0. The Morgan fingerprint density at radius 2 is 1.85 bits per heavy atom. The molecule has 33 heavy (non-hydrogen) atoms. The lowest BCUT2D eigenvalue weighted by molar-refractivity contribution is -0.134. The topological polar surface area (TPSA) is 112 Å². The van der Waals surface area contributed by atoms with Gasteiger partial charge in [-0.3, -0.25) is 9.69 Å². The van der Waals surface area contributed by atoms with E-state index in [1.54, 1.807) is 37.8 Å². The highest BCUT2D eigenvalue weighted by atomic mass is 32.2. The van der Waals surface area contributed by atoms with Crippen LogP contribution in [0, 0.1) is 19.7 Å². The molecule has 0 radical (unpaired) electrons. The molecule has 180 valence electrons. The van der Waals surface area contributed by atoms with Crippen LogP contribution in [0.5, 0.6) is 0 Å². The number of aryl methyl sites for hydroxylation is 2. The van der Waals surface area contributed by atoms with E-state index in [0.717, 1.165) is 18.5 Å². The molecule has 2 N–H and O–H groups in total. The zero-order valence-electron chi connectivity index (χ0n) is 19.0. The molecular weight excluding hydrogens is 451 g/mol. The van der Waals surface area contributed by atoms with Crippen molar-refractivity contribution in [2.45, 2.75) is 38.6 Å². The van der Waals surface area contributed by atoms with Gasteiger partial charge in [-0.05, 0) is 44.9 Å². The SMILES string of the molecule is CCOC(=O)c1c(C)[nH]c(C)c1S(=O)(=O)NCC(=O)N1CCCN(Cc2ccc(F)cc2)C1. The summed E-state index contributed by atoms with van der Waals surface area (Å²) < 4.78 is 46.4. The molecule has 9 nitrogen and oxygen atoms in total. The normalized spacial score (nSPS) is 15.0. The first-order valence-corrected chi connectivity index (χ1v) is 12.2. The van der Waals surface area contributed by atoms with Crippen LogP contribution in [0.1, 0.15) is 40.7 Å². The minimum Gasteiger partial charge on any atom is -0.462 e. The van der Waals surface area contributed by atoms with E-state index in [9.17, 15) is 22.4 Å². The second-order valence-corrected chi connectivity index (χ2v) is 9.66. The molecule has 0 saturated carbocycles. The summed E-state index contributed by atoms with van der Waals surface area (Å²) in [5, 5.41) is 0. The first-order valence-electron chi connectivity index (χ1n) is 10.7. The molecule has 2 aromatic rings. The standard InChI is InChI=1S/C22H29FN4O5S/c1-4-32-22(29)20-15(2)25-16(3)21(20)33(30,31)24-12-19(28)27-11-5-10-26(14-27)13-17-6-8-18(23)9-7-17/h6-9,24-25H,4-5,10-14H2,1-3H3. The smallest absolute Gasteiger partial charge is 0.341 e. The monoisotopic (exact) mass is 480 g/mol. The van der Waals surface area contributed by atoms with E-state index in [-0.39, 0.29) is 28.8 Å². The Kier molecular flexibility index (Phi) is 7.88. The lowest BCUT2D eigenvalue weighted by atomic mass is 10.2. The quantitative estimate of drug-likeness (QED) is 0.559. The number of carbonyl (C=O) groups excluding carboxylic acids is 2. The molecule has 0 unspecified atom stereocenters. The highest BCUT2D eigenvalue weighted by molar-refractivity contribution is 7.89. The number of carbonyl (C=O) groups is 2. The van der Waals surface area contributed by atoms with Crippen molar-refractivity contribution in [3.8, 4) is 0 Å². The lowest BCUT2D eigenvalue weighted by Gasteiger charge is -2.35. The highest BCUT2D eigenvalue weighted by Gasteiger charge is 2.31. The minimum absolute atomic E-state index is 0.0576. The number of H-pyrrole nitrogens is 1. The maximum Gasteiger partial charge on any atom is 0.341 e. The Balaban J connectivity index is 1.65. The van der Waals surface area contributed by atoms with Crippen LogP contribution in [0.3, 0.4) is 0 Å². The maximum absolute atomic E-state index is 13.1. The van der Waals surface area contributed by atoms with Gasteiger partial charge in [0.25, 0.3) is 0 Å². The van der Waals surface area contributed by atoms with E-state index in [4.69, 9.17) is 4.74 Å². The average molecular weight is 481 g/mol. The zero-order chi connectivity index (χ0) is 24.2. The zero-order valence-corrected chi connectivity index (χ0v) is 19.8. The minimum atomic E-state index is -4.14. The summed E-state index contributed by atoms with van der Waals surface area (Å²) in [6.45, 7) is 6.63. The number of sulfonamides is 1. The molecule has 1 fully saturated rings. The number of nitrogens with one attached hydrogen (secondary N) is 2. The molecule has 0 bridgehead atoms. The number of benzene rings is 1. The van der Waals surface area contributed by atoms with Crippen molar-refractivity contribution in [1.82, 2.24) is 19.5 Å². The lowest BCUT2D eigenvalue weighted by Crippen LogP contribution is -2.50. The molecule has 0 atom stereocenters. The largest absolute Gasteiger partial charge is 0.462 e. The fourth-order valence-electron chi connectivity index (χ4n) is 3.93. The van der Waals surface area contributed by atoms with Gasteiger partial charge in [0.15, 0.2) is 0 Å². The van der Waals surface area contributed by atoms with E-state index in [1.807, 2.05) is 4.90 Å². The highest BCUT2D eigenvalue weighted by Crippen LogP contribution is 2.24. The van der Waals surface area contributed by atoms with Crippen LogP contribution >= 0.6 is 0 Å². The molecule has 11 heteroatoms. The molecule has 1 aliphatic heterocycles. The van der Waals surface area contributed by atoms with Crippen molar-refractivity contribution < 1.29 is 27.1 Å². The second-order valence-electron chi connectivity index (χ2n) is 7.96. The number of amides is 1. The summed E-state index contributed by atoms with van der Waals surface area (Å²) in [4.78, 5) is 31.3. The predicted octanol–water partition coefficient (Wildman–Crippen LogP) is 1.92. The van der Waals surface area contributed by atoms with Crippen LogP contribution in [0.15, 0.2) is 29.2 Å².